The SMILES string of the molecule is Nc1nccc(OCCN2CCCCC2)n1. The topological polar surface area (TPSA) is 64.3 Å². The average molecular weight is 222 g/mol. The highest BCUT2D eigenvalue weighted by atomic mass is 16.5. The maximum atomic E-state index is 5.52. The molecule has 2 rings (SSSR count). The second-order valence-electron chi connectivity index (χ2n) is 4.00. The third-order valence-electron chi connectivity index (χ3n) is 2.75. The minimum atomic E-state index is 0.260. The van der Waals surface area contributed by atoms with Gasteiger partial charge in [0.2, 0.25) is 11.8 Å². The van der Waals surface area contributed by atoms with Gasteiger partial charge in [0, 0.05) is 18.8 Å². The predicted octanol–water partition coefficient (Wildman–Crippen LogP) is 0.923. The van der Waals surface area contributed by atoms with E-state index < -0.39 is 0 Å². The lowest BCUT2D eigenvalue weighted by Crippen LogP contribution is -2.33. The van der Waals surface area contributed by atoms with E-state index in [2.05, 4.69) is 14.9 Å². The van der Waals surface area contributed by atoms with Crippen LogP contribution in [0.15, 0.2) is 12.3 Å². The minimum Gasteiger partial charge on any atom is -0.476 e. The molecule has 0 unspecified atom stereocenters. The van der Waals surface area contributed by atoms with Crippen LogP contribution in [0.2, 0.25) is 0 Å². The molecule has 1 aromatic rings. The standard InChI is InChI=1S/C11H18N4O/c12-11-13-5-4-10(14-11)16-9-8-15-6-2-1-3-7-15/h4-5H,1-3,6-9H2,(H2,12,13,14). The maximum Gasteiger partial charge on any atom is 0.223 e. The number of likely N-dealkylation sites (tertiary alicyclic amines) is 1. The smallest absolute Gasteiger partial charge is 0.223 e. The molecule has 1 aromatic heterocycles. The van der Waals surface area contributed by atoms with Gasteiger partial charge in [-0.3, -0.25) is 4.90 Å². The molecule has 0 saturated carbocycles. The summed E-state index contributed by atoms with van der Waals surface area (Å²) in [6.07, 6.45) is 5.58. The van der Waals surface area contributed by atoms with Crippen molar-refractivity contribution >= 4 is 5.95 Å². The summed E-state index contributed by atoms with van der Waals surface area (Å²) in [5.41, 5.74) is 5.46. The van der Waals surface area contributed by atoms with Crippen molar-refractivity contribution in [1.82, 2.24) is 14.9 Å². The molecular weight excluding hydrogens is 204 g/mol. The zero-order valence-corrected chi connectivity index (χ0v) is 9.43. The Morgan fingerprint density at radius 2 is 2.12 bits per heavy atom. The molecule has 0 bridgehead atoms. The highest BCUT2D eigenvalue weighted by Crippen LogP contribution is 2.09. The van der Waals surface area contributed by atoms with Crippen molar-refractivity contribution in [2.24, 2.45) is 0 Å². The van der Waals surface area contributed by atoms with Gasteiger partial charge in [0.15, 0.2) is 0 Å². The largest absolute Gasteiger partial charge is 0.476 e. The van der Waals surface area contributed by atoms with Gasteiger partial charge in [0.05, 0.1) is 0 Å². The van der Waals surface area contributed by atoms with Gasteiger partial charge >= 0.3 is 0 Å². The Hall–Kier alpha value is -1.36. The zero-order chi connectivity index (χ0) is 11.2. The van der Waals surface area contributed by atoms with Crippen LogP contribution < -0.4 is 10.5 Å². The number of rotatable bonds is 4. The molecule has 16 heavy (non-hydrogen) atoms. The molecule has 5 nitrogen and oxygen atoms in total. The Bertz CT molecular complexity index is 326. The summed E-state index contributed by atoms with van der Waals surface area (Å²) in [7, 11) is 0. The van der Waals surface area contributed by atoms with E-state index in [1.807, 2.05) is 0 Å². The lowest BCUT2D eigenvalue weighted by molar-refractivity contribution is 0.180. The van der Waals surface area contributed by atoms with Crippen LogP contribution in [-0.2, 0) is 0 Å². The van der Waals surface area contributed by atoms with Crippen LogP contribution in [0.3, 0.4) is 0 Å². The van der Waals surface area contributed by atoms with Crippen LogP contribution in [0.25, 0.3) is 0 Å². The third kappa shape index (κ3) is 3.34. The predicted molar refractivity (Wildman–Crippen MR) is 62.2 cm³/mol. The van der Waals surface area contributed by atoms with E-state index in [1.165, 1.54) is 32.4 Å². The Morgan fingerprint density at radius 1 is 1.31 bits per heavy atom. The van der Waals surface area contributed by atoms with E-state index >= 15 is 0 Å². The fourth-order valence-electron chi connectivity index (χ4n) is 1.90. The highest BCUT2D eigenvalue weighted by molar-refractivity contribution is 5.20. The number of ether oxygens (including phenoxy) is 1. The molecule has 2 N–H and O–H groups in total. The Kier molecular flexibility index (Phi) is 3.93. The van der Waals surface area contributed by atoms with Crippen molar-refractivity contribution in [3.8, 4) is 5.88 Å². The number of nitrogen functional groups attached to an aromatic ring is 1. The van der Waals surface area contributed by atoms with Gasteiger partial charge in [-0.1, -0.05) is 6.42 Å². The maximum absolute atomic E-state index is 5.52. The molecule has 1 aliphatic heterocycles. The molecule has 0 amide bonds. The van der Waals surface area contributed by atoms with E-state index in [0.29, 0.717) is 12.5 Å². The lowest BCUT2D eigenvalue weighted by Gasteiger charge is -2.25. The molecule has 1 aliphatic rings. The number of anilines is 1. The fraction of sp³-hybridized carbons (Fsp3) is 0.636. The van der Waals surface area contributed by atoms with Crippen LogP contribution in [0, 0.1) is 0 Å². The summed E-state index contributed by atoms with van der Waals surface area (Å²) in [5, 5.41) is 0. The molecule has 2 heterocycles. The van der Waals surface area contributed by atoms with Crippen molar-refractivity contribution in [2.75, 3.05) is 32.0 Å². The van der Waals surface area contributed by atoms with E-state index in [-0.39, 0.29) is 5.95 Å². The van der Waals surface area contributed by atoms with Crippen LogP contribution in [0.5, 0.6) is 5.88 Å². The normalized spacial score (nSPS) is 17.2. The molecule has 0 spiro atoms. The average Bonchev–Trinajstić information content (AvgIpc) is 2.30. The van der Waals surface area contributed by atoms with Crippen LogP contribution >= 0.6 is 0 Å². The Labute approximate surface area is 95.6 Å². The van der Waals surface area contributed by atoms with Crippen molar-refractivity contribution in [2.45, 2.75) is 19.3 Å². The first-order valence-electron chi connectivity index (χ1n) is 5.78. The minimum absolute atomic E-state index is 0.260. The Morgan fingerprint density at radius 3 is 2.88 bits per heavy atom. The van der Waals surface area contributed by atoms with E-state index in [1.54, 1.807) is 12.3 Å². The fourth-order valence-corrected chi connectivity index (χ4v) is 1.90. The molecule has 88 valence electrons. The van der Waals surface area contributed by atoms with Crippen molar-refractivity contribution in [1.29, 1.82) is 0 Å². The monoisotopic (exact) mass is 222 g/mol. The summed E-state index contributed by atoms with van der Waals surface area (Å²) >= 11 is 0. The van der Waals surface area contributed by atoms with Gasteiger partial charge in [-0.2, -0.15) is 4.98 Å². The summed E-state index contributed by atoms with van der Waals surface area (Å²) in [5.74, 6) is 0.819. The molecule has 0 atom stereocenters. The molecule has 0 aromatic carbocycles. The molecule has 0 aliphatic carbocycles. The van der Waals surface area contributed by atoms with Gasteiger partial charge in [0.1, 0.15) is 6.61 Å². The van der Waals surface area contributed by atoms with E-state index in [4.69, 9.17) is 10.5 Å². The van der Waals surface area contributed by atoms with E-state index in [0.717, 1.165) is 6.54 Å². The van der Waals surface area contributed by atoms with Gasteiger partial charge in [-0.15, -0.1) is 0 Å². The third-order valence-corrected chi connectivity index (χ3v) is 2.75. The Balaban J connectivity index is 1.71. The van der Waals surface area contributed by atoms with Gasteiger partial charge in [0.25, 0.3) is 0 Å². The lowest BCUT2D eigenvalue weighted by atomic mass is 10.1. The number of hydrogen-bond acceptors (Lipinski definition) is 5. The van der Waals surface area contributed by atoms with Gasteiger partial charge < -0.3 is 10.5 Å². The molecule has 1 fully saturated rings. The number of hydrogen-bond donors (Lipinski definition) is 1. The quantitative estimate of drug-likeness (QED) is 0.820. The van der Waals surface area contributed by atoms with Crippen molar-refractivity contribution in [3.05, 3.63) is 12.3 Å². The first-order chi connectivity index (χ1) is 7.84. The first-order valence-corrected chi connectivity index (χ1v) is 5.78. The summed E-state index contributed by atoms with van der Waals surface area (Å²) < 4.78 is 5.52. The van der Waals surface area contributed by atoms with E-state index in [9.17, 15) is 0 Å². The number of nitrogens with zero attached hydrogens (tertiary/aromatic N) is 3. The van der Waals surface area contributed by atoms with Gasteiger partial charge in [-0.25, -0.2) is 4.98 Å². The molecular formula is C11H18N4O. The highest BCUT2D eigenvalue weighted by Gasteiger charge is 2.09. The summed E-state index contributed by atoms with van der Waals surface area (Å²) in [6, 6.07) is 1.73. The zero-order valence-electron chi connectivity index (χ0n) is 9.43. The first kappa shape index (κ1) is 11.1. The number of aromatic nitrogens is 2. The van der Waals surface area contributed by atoms with Crippen molar-refractivity contribution < 1.29 is 4.74 Å². The molecule has 5 heteroatoms. The molecule has 0 radical (unpaired) electrons. The second-order valence-corrected chi connectivity index (χ2v) is 4.00. The number of piperidine rings is 1. The van der Waals surface area contributed by atoms with Crippen LogP contribution in [0.1, 0.15) is 19.3 Å². The summed E-state index contributed by atoms with van der Waals surface area (Å²) in [4.78, 5) is 10.2. The van der Waals surface area contributed by atoms with Crippen LogP contribution in [0.4, 0.5) is 5.95 Å². The summed E-state index contributed by atoms with van der Waals surface area (Å²) in [6.45, 7) is 4.00. The molecule has 1 saturated heterocycles. The second kappa shape index (κ2) is 5.65. The van der Waals surface area contributed by atoms with Crippen molar-refractivity contribution in [3.63, 3.8) is 0 Å². The van der Waals surface area contributed by atoms with Gasteiger partial charge in [-0.05, 0) is 25.9 Å². The van der Waals surface area contributed by atoms with Crippen LogP contribution in [-0.4, -0.2) is 41.1 Å². The number of nitrogens with two attached hydrogens (primary N) is 1.